The van der Waals surface area contributed by atoms with E-state index in [9.17, 15) is 27.1 Å². The van der Waals surface area contributed by atoms with Gasteiger partial charge in [0.2, 0.25) is 5.82 Å². The third-order valence-electron chi connectivity index (χ3n) is 3.68. The van der Waals surface area contributed by atoms with E-state index in [1.54, 1.807) is 6.07 Å². The van der Waals surface area contributed by atoms with E-state index >= 15 is 0 Å². The minimum Gasteiger partial charge on any atom is -0.507 e. The van der Waals surface area contributed by atoms with Crippen molar-refractivity contribution in [2.75, 3.05) is 0 Å². The summed E-state index contributed by atoms with van der Waals surface area (Å²) in [6.45, 7) is 5.46. The molecule has 1 N–H and O–H groups in total. The zero-order valence-corrected chi connectivity index (χ0v) is 14.7. The first-order chi connectivity index (χ1) is 11.0. The Balaban J connectivity index is 2.93. The average molecular weight is 409 g/mol. The third kappa shape index (κ3) is 3.01. The fraction of sp³-hybridized carbons (Fsp3) is 0.294. The van der Waals surface area contributed by atoms with Crippen molar-refractivity contribution >= 4 is 15.9 Å². The van der Waals surface area contributed by atoms with Crippen molar-refractivity contribution in [1.82, 2.24) is 0 Å². The highest BCUT2D eigenvalue weighted by atomic mass is 79.9. The van der Waals surface area contributed by atoms with Crippen LogP contribution in [0.5, 0.6) is 5.75 Å². The Hall–Kier alpha value is -1.63. The molecular weight excluding hydrogens is 395 g/mol. The molecule has 0 saturated carbocycles. The fourth-order valence-electron chi connectivity index (χ4n) is 2.26. The predicted molar refractivity (Wildman–Crippen MR) is 84.7 cm³/mol. The molecule has 2 aromatic carbocycles. The van der Waals surface area contributed by atoms with Crippen molar-refractivity contribution in [3.8, 4) is 16.9 Å². The fourth-order valence-corrected chi connectivity index (χ4v) is 2.69. The van der Waals surface area contributed by atoms with Gasteiger partial charge >= 0.3 is 0 Å². The predicted octanol–water partition coefficient (Wildman–Crippen LogP) is 5.95. The molecule has 0 aromatic heterocycles. The molecule has 0 fully saturated rings. The van der Waals surface area contributed by atoms with E-state index in [0.29, 0.717) is 5.56 Å². The lowest BCUT2D eigenvalue weighted by atomic mass is 9.83. The molecule has 0 unspecified atom stereocenters. The van der Waals surface area contributed by atoms with Gasteiger partial charge in [0.25, 0.3) is 0 Å². The first-order valence-electron chi connectivity index (χ1n) is 6.94. The number of phenolic OH excluding ortho intramolecular Hbond substituents is 1. The maximum Gasteiger partial charge on any atom is 0.200 e. The van der Waals surface area contributed by atoms with Gasteiger partial charge in [0.15, 0.2) is 23.3 Å². The second-order valence-electron chi connectivity index (χ2n) is 6.36. The first kappa shape index (κ1) is 18.7. The van der Waals surface area contributed by atoms with Crippen LogP contribution in [0.1, 0.15) is 31.9 Å². The number of hydrogen-bond acceptors (Lipinski definition) is 1. The summed E-state index contributed by atoms with van der Waals surface area (Å²) >= 11 is 3.14. The van der Waals surface area contributed by atoms with Crippen molar-refractivity contribution in [2.24, 2.45) is 0 Å². The molecule has 0 spiro atoms. The van der Waals surface area contributed by atoms with Crippen LogP contribution in [0.25, 0.3) is 11.1 Å². The molecule has 0 aliphatic rings. The first-order valence-corrected chi connectivity index (χ1v) is 8.07. The van der Waals surface area contributed by atoms with Gasteiger partial charge in [0.05, 0.1) is 5.56 Å². The van der Waals surface area contributed by atoms with E-state index < -0.39 is 51.4 Å². The van der Waals surface area contributed by atoms with Crippen LogP contribution >= 0.6 is 15.9 Å². The molecule has 0 heterocycles. The topological polar surface area (TPSA) is 20.2 Å². The molecule has 130 valence electrons. The van der Waals surface area contributed by atoms with Crippen LogP contribution < -0.4 is 0 Å². The Morgan fingerprint density at radius 2 is 1.33 bits per heavy atom. The number of aromatic hydroxyl groups is 1. The average Bonchev–Trinajstić information content (AvgIpc) is 2.51. The van der Waals surface area contributed by atoms with Crippen molar-refractivity contribution < 1.29 is 27.1 Å². The Morgan fingerprint density at radius 1 is 0.875 bits per heavy atom. The normalized spacial score (nSPS) is 11.9. The zero-order chi connectivity index (χ0) is 18.4. The minimum atomic E-state index is -2.24. The Kier molecular flexibility index (Phi) is 4.95. The molecule has 0 amide bonds. The van der Waals surface area contributed by atoms with Crippen molar-refractivity contribution in [3.05, 3.63) is 52.3 Å². The zero-order valence-electron chi connectivity index (χ0n) is 13.1. The summed E-state index contributed by atoms with van der Waals surface area (Å²) in [6.07, 6.45) is 0. The van der Waals surface area contributed by atoms with E-state index in [0.717, 1.165) is 0 Å². The standard InChI is InChI=1S/C17H14BrF5O/c1-17(2,3)8-4-7(6-18)16(24)9(5-8)10-11(19)13(21)15(23)14(22)12(10)20/h4-5,24H,6H2,1-3H3. The van der Waals surface area contributed by atoms with E-state index in [1.165, 1.54) is 6.07 Å². The number of halogens is 6. The van der Waals surface area contributed by atoms with Gasteiger partial charge in [-0.2, -0.15) is 0 Å². The Bertz CT molecular complexity index is 783. The minimum absolute atomic E-state index is 0.144. The van der Waals surface area contributed by atoms with Gasteiger partial charge in [0.1, 0.15) is 5.75 Å². The Labute approximate surface area is 144 Å². The summed E-state index contributed by atoms with van der Waals surface area (Å²) in [7, 11) is 0. The van der Waals surface area contributed by atoms with Crippen LogP contribution in [-0.2, 0) is 10.7 Å². The van der Waals surface area contributed by atoms with Crippen LogP contribution in [0.3, 0.4) is 0 Å². The van der Waals surface area contributed by atoms with E-state index in [2.05, 4.69) is 15.9 Å². The largest absolute Gasteiger partial charge is 0.507 e. The number of benzene rings is 2. The molecule has 2 rings (SSSR count). The molecule has 0 aliphatic heterocycles. The van der Waals surface area contributed by atoms with E-state index in [-0.39, 0.29) is 10.9 Å². The maximum atomic E-state index is 14.1. The van der Waals surface area contributed by atoms with E-state index in [4.69, 9.17) is 0 Å². The van der Waals surface area contributed by atoms with Crippen LogP contribution in [0, 0.1) is 29.1 Å². The molecule has 0 bridgehead atoms. The highest BCUT2D eigenvalue weighted by molar-refractivity contribution is 9.08. The SMILES string of the molecule is CC(C)(C)c1cc(CBr)c(O)c(-c2c(F)c(F)c(F)c(F)c2F)c1. The Morgan fingerprint density at radius 3 is 1.75 bits per heavy atom. The van der Waals surface area contributed by atoms with Gasteiger partial charge in [-0.05, 0) is 17.0 Å². The van der Waals surface area contributed by atoms with Gasteiger partial charge in [-0.15, -0.1) is 0 Å². The molecule has 0 radical (unpaired) electrons. The monoisotopic (exact) mass is 408 g/mol. The van der Waals surface area contributed by atoms with E-state index in [1.807, 2.05) is 20.8 Å². The van der Waals surface area contributed by atoms with Gasteiger partial charge in [-0.25, -0.2) is 22.0 Å². The lowest BCUT2D eigenvalue weighted by Gasteiger charge is -2.22. The molecule has 0 atom stereocenters. The molecule has 0 aliphatic carbocycles. The lowest BCUT2D eigenvalue weighted by Crippen LogP contribution is -2.12. The maximum absolute atomic E-state index is 14.1. The van der Waals surface area contributed by atoms with Gasteiger partial charge in [-0.1, -0.05) is 42.8 Å². The number of phenols is 1. The summed E-state index contributed by atoms with van der Waals surface area (Å²) in [4.78, 5) is 0. The summed E-state index contributed by atoms with van der Waals surface area (Å²) in [6, 6.07) is 2.85. The second-order valence-corrected chi connectivity index (χ2v) is 6.92. The summed E-state index contributed by atoms with van der Waals surface area (Å²) in [5.41, 5.74) is -1.19. The molecular formula is C17H14BrF5O. The number of rotatable bonds is 2. The highest BCUT2D eigenvalue weighted by Gasteiger charge is 2.29. The van der Waals surface area contributed by atoms with Crippen molar-refractivity contribution in [1.29, 1.82) is 0 Å². The lowest BCUT2D eigenvalue weighted by molar-refractivity contribution is 0.380. The summed E-state index contributed by atoms with van der Waals surface area (Å²) < 4.78 is 68.4. The molecule has 7 heteroatoms. The van der Waals surface area contributed by atoms with Gasteiger partial charge in [-0.3, -0.25) is 0 Å². The molecule has 24 heavy (non-hydrogen) atoms. The highest BCUT2D eigenvalue weighted by Crippen LogP contribution is 2.41. The summed E-state index contributed by atoms with van der Waals surface area (Å²) in [5.74, 6) is -10.8. The molecule has 2 aromatic rings. The van der Waals surface area contributed by atoms with Crippen LogP contribution in [0.4, 0.5) is 22.0 Å². The van der Waals surface area contributed by atoms with Gasteiger partial charge < -0.3 is 5.11 Å². The molecule has 0 saturated heterocycles. The third-order valence-corrected chi connectivity index (χ3v) is 4.28. The van der Waals surface area contributed by atoms with Crippen LogP contribution in [0.2, 0.25) is 0 Å². The van der Waals surface area contributed by atoms with Crippen LogP contribution in [-0.4, -0.2) is 5.11 Å². The van der Waals surface area contributed by atoms with Crippen LogP contribution in [0.15, 0.2) is 12.1 Å². The summed E-state index contributed by atoms with van der Waals surface area (Å²) in [5, 5.41) is 10.4. The van der Waals surface area contributed by atoms with Crippen molar-refractivity contribution in [2.45, 2.75) is 31.5 Å². The number of hydrogen-bond donors (Lipinski definition) is 1. The smallest absolute Gasteiger partial charge is 0.200 e. The molecule has 1 nitrogen and oxygen atoms in total. The van der Waals surface area contributed by atoms with Gasteiger partial charge in [0, 0.05) is 16.5 Å². The second kappa shape index (κ2) is 6.35. The number of alkyl halides is 1. The van der Waals surface area contributed by atoms with Crippen molar-refractivity contribution in [3.63, 3.8) is 0 Å². The quantitative estimate of drug-likeness (QED) is 0.282.